The Kier molecular flexibility index (Phi) is 6.17. The van der Waals surface area contributed by atoms with Gasteiger partial charge in [0.25, 0.3) is 0 Å². The maximum absolute atomic E-state index is 12.5. The van der Waals surface area contributed by atoms with E-state index < -0.39 is 0 Å². The molecule has 3 heterocycles. The van der Waals surface area contributed by atoms with Gasteiger partial charge in [-0.2, -0.15) is 4.98 Å². The molecule has 0 N–H and O–H groups in total. The number of halogens is 1. The number of rotatable bonds is 6. The van der Waals surface area contributed by atoms with Crippen molar-refractivity contribution in [3.8, 4) is 11.4 Å². The molecule has 0 aliphatic carbocycles. The van der Waals surface area contributed by atoms with E-state index in [-0.39, 0.29) is 5.91 Å². The number of pyridine rings is 1. The van der Waals surface area contributed by atoms with Crippen LogP contribution in [0.25, 0.3) is 11.4 Å². The van der Waals surface area contributed by atoms with E-state index in [0.29, 0.717) is 24.6 Å². The normalized spacial score (nSPS) is 14.9. The summed E-state index contributed by atoms with van der Waals surface area (Å²) in [5.74, 6) is 1.12. The summed E-state index contributed by atoms with van der Waals surface area (Å²) in [6.07, 6.45) is 4.18. The summed E-state index contributed by atoms with van der Waals surface area (Å²) < 4.78 is 5.28. The van der Waals surface area contributed by atoms with E-state index >= 15 is 0 Å². The third-order valence-corrected chi connectivity index (χ3v) is 5.26. The smallest absolute Gasteiger partial charge is 0.227 e. The highest BCUT2D eigenvalue weighted by atomic mass is 35.5. The molecule has 150 valence electrons. The van der Waals surface area contributed by atoms with Crippen molar-refractivity contribution in [1.29, 1.82) is 0 Å². The average molecular weight is 412 g/mol. The molecule has 4 rings (SSSR count). The Morgan fingerprint density at radius 1 is 1.03 bits per heavy atom. The van der Waals surface area contributed by atoms with Crippen LogP contribution < -0.4 is 0 Å². The van der Waals surface area contributed by atoms with Crippen molar-refractivity contribution in [3.63, 3.8) is 0 Å². The van der Waals surface area contributed by atoms with E-state index in [1.807, 2.05) is 41.3 Å². The summed E-state index contributed by atoms with van der Waals surface area (Å²) in [4.78, 5) is 25.2. The van der Waals surface area contributed by atoms with Crippen molar-refractivity contribution < 1.29 is 9.32 Å². The van der Waals surface area contributed by atoms with Crippen LogP contribution in [0.4, 0.5) is 0 Å². The first-order valence-electron chi connectivity index (χ1n) is 9.65. The first kappa shape index (κ1) is 19.5. The molecule has 7 nitrogen and oxygen atoms in total. The lowest BCUT2D eigenvalue weighted by molar-refractivity contribution is -0.133. The van der Waals surface area contributed by atoms with Gasteiger partial charge in [0, 0.05) is 68.5 Å². The Balaban J connectivity index is 1.23. The van der Waals surface area contributed by atoms with Crippen LogP contribution in [0.15, 0.2) is 53.3 Å². The second-order valence-corrected chi connectivity index (χ2v) is 7.47. The minimum Gasteiger partial charge on any atom is -0.340 e. The van der Waals surface area contributed by atoms with Gasteiger partial charge in [0.2, 0.25) is 17.6 Å². The summed E-state index contributed by atoms with van der Waals surface area (Å²) in [7, 11) is 0. The molecular formula is C21H22ClN5O2. The molecule has 1 aromatic carbocycles. The van der Waals surface area contributed by atoms with Gasteiger partial charge in [0.05, 0.1) is 0 Å². The summed E-state index contributed by atoms with van der Waals surface area (Å²) in [5, 5.41) is 4.73. The molecule has 8 heteroatoms. The predicted molar refractivity (Wildman–Crippen MR) is 109 cm³/mol. The van der Waals surface area contributed by atoms with Crippen LogP contribution in [-0.4, -0.2) is 57.0 Å². The van der Waals surface area contributed by atoms with Gasteiger partial charge in [-0.25, -0.2) is 0 Å². The number of carbonyl (C=O) groups excluding carboxylic acids is 1. The van der Waals surface area contributed by atoms with Crippen molar-refractivity contribution in [1.82, 2.24) is 24.9 Å². The number of hydrogen-bond acceptors (Lipinski definition) is 6. The largest absolute Gasteiger partial charge is 0.340 e. The number of hydrogen-bond donors (Lipinski definition) is 0. The number of aromatic nitrogens is 3. The van der Waals surface area contributed by atoms with Crippen molar-refractivity contribution in [2.45, 2.75) is 19.4 Å². The molecule has 2 aromatic heterocycles. The Labute approximate surface area is 174 Å². The number of nitrogens with zero attached hydrogens (tertiary/aromatic N) is 5. The quantitative estimate of drug-likeness (QED) is 0.620. The molecule has 1 aliphatic heterocycles. The summed E-state index contributed by atoms with van der Waals surface area (Å²) >= 11 is 5.94. The maximum atomic E-state index is 12.5. The number of aryl methyl sites for hydroxylation is 1. The van der Waals surface area contributed by atoms with E-state index in [9.17, 15) is 4.79 Å². The SMILES string of the molecule is O=C(CCc1nc(-c2ccncc2)no1)N1CCN(Cc2ccc(Cl)cc2)CC1. The first-order valence-corrected chi connectivity index (χ1v) is 10.0. The molecule has 29 heavy (non-hydrogen) atoms. The van der Waals surface area contributed by atoms with E-state index in [4.69, 9.17) is 16.1 Å². The minimum atomic E-state index is 0.125. The average Bonchev–Trinajstić information content (AvgIpc) is 3.24. The number of carbonyl (C=O) groups is 1. The van der Waals surface area contributed by atoms with E-state index in [1.54, 1.807) is 12.4 Å². The van der Waals surface area contributed by atoms with Gasteiger partial charge in [-0.15, -0.1) is 0 Å². The van der Waals surface area contributed by atoms with E-state index in [2.05, 4.69) is 20.0 Å². The van der Waals surface area contributed by atoms with Gasteiger partial charge < -0.3 is 9.42 Å². The maximum Gasteiger partial charge on any atom is 0.227 e. The van der Waals surface area contributed by atoms with E-state index in [1.165, 1.54) is 5.56 Å². The van der Waals surface area contributed by atoms with Gasteiger partial charge in [-0.05, 0) is 29.8 Å². The highest BCUT2D eigenvalue weighted by Crippen LogP contribution is 2.16. The molecule has 0 radical (unpaired) electrons. The van der Waals surface area contributed by atoms with Gasteiger partial charge >= 0.3 is 0 Å². The number of benzene rings is 1. The molecule has 0 bridgehead atoms. The van der Waals surface area contributed by atoms with Crippen LogP contribution in [-0.2, 0) is 17.8 Å². The predicted octanol–water partition coefficient (Wildman–Crippen LogP) is 3.06. The molecule has 3 aromatic rings. The molecule has 0 unspecified atom stereocenters. The zero-order chi connectivity index (χ0) is 20.1. The van der Waals surface area contributed by atoms with Crippen molar-refractivity contribution in [2.24, 2.45) is 0 Å². The molecule has 1 aliphatic rings. The standard InChI is InChI=1S/C21H22ClN5O2/c22-18-3-1-16(2-4-18)15-26-11-13-27(14-12-26)20(28)6-5-19-24-21(25-29-19)17-7-9-23-10-8-17/h1-4,7-10H,5-6,11-15H2. The Morgan fingerprint density at radius 2 is 1.76 bits per heavy atom. The fraction of sp³-hybridized carbons (Fsp3) is 0.333. The summed E-state index contributed by atoms with van der Waals surface area (Å²) in [6.45, 7) is 4.07. The molecule has 1 fully saturated rings. The van der Waals surface area contributed by atoms with Gasteiger partial charge in [0.1, 0.15) is 0 Å². The molecular weight excluding hydrogens is 390 g/mol. The van der Waals surface area contributed by atoms with Gasteiger partial charge in [-0.3, -0.25) is 14.7 Å². The third-order valence-electron chi connectivity index (χ3n) is 5.00. The zero-order valence-corrected chi connectivity index (χ0v) is 16.8. The topological polar surface area (TPSA) is 75.4 Å². The van der Waals surface area contributed by atoms with Crippen LogP contribution in [0.2, 0.25) is 5.02 Å². The van der Waals surface area contributed by atoms with Crippen LogP contribution in [0.5, 0.6) is 0 Å². The first-order chi connectivity index (χ1) is 14.2. The number of piperazine rings is 1. The lowest BCUT2D eigenvalue weighted by atomic mass is 10.2. The van der Waals surface area contributed by atoms with Crippen LogP contribution >= 0.6 is 11.6 Å². The van der Waals surface area contributed by atoms with Crippen molar-refractivity contribution in [3.05, 3.63) is 65.3 Å². The van der Waals surface area contributed by atoms with Crippen LogP contribution in [0, 0.1) is 0 Å². The van der Waals surface area contributed by atoms with Crippen LogP contribution in [0.3, 0.4) is 0 Å². The molecule has 0 saturated carbocycles. The lowest BCUT2D eigenvalue weighted by Crippen LogP contribution is -2.48. The van der Waals surface area contributed by atoms with Crippen LogP contribution in [0.1, 0.15) is 17.9 Å². The monoisotopic (exact) mass is 411 g/mol. The minimum absolute atomic E-state index is 0.125. The second-order valence-electron chi connectivity index (χ2n) is 7.03. The highest BCUT2D eigenvalue weighted by molar-refractivity contribution is 6.30. The third kappa shape index (κ3) is 5.19. The fourth-order valence-corrected chi connectivity index (χ4v) is 3.48. The lowest BCUT2D eigenvalue weighted by Gasteiger charge is -2.34. The van der Waals surface area contributed by atoms with E-state index in [0.717, 1.165) is 43.3 Å². The second kappa shape index (κ2) is 9.15. The molecule has 0 spiro atoms. The molecule has 0 atom stereocenters. The molecule has 1 amide bonds. The Bertz CT molecular complexity index is 937. The zero-order valence-electron chi connectivity index (χ0n) is 16.0. The van der Waals surface area contributed by atoms with Crippen molar-refractivity contribution >= 4 is 17.5 Å². The van der Waals surface area contributed by atoms with Gasteiger partial charge in [-0.1, -0.05) is 28.9 Å². The van der Waals surface area contributed by atoms with Gasteiger partial charge in [0.15, 0.2) is 0 Å². The fourth-order valence-electron chi connectivity index (χ4n) is 3.35. The molecule has 1 saturated heterocycles. The summed E-state index contributed by atoms with van der Waals surface area (Å²) in [6, 6.07) is 11.6. The number of amides is 1. The summed E-state index contributed by atoms with van der Waals surface area (Å²) in [5.41, 5.74) is 2.08. The highest BCUT2D eigenvalue weighted by Gasteiger charge is 2.21. The Hall–Kier alpha value is -2.77. The van der Waals surface area contributed by atoms with Crippen molar-refractivity contribution in [2.75, 3.05) is 26.2 Å². The Morgan fingerprint density at radius 3 is 2.48 bits per heavy atom.